The van der Waals surface area contributed by atoms with E-state index in [2.05, 4.69) is 4.98 Å². The van der Waals surface area contributed by atoms with Gasteiger partial charge in [-0.2, -0.15) is 0 Å². The van der Waals surface area contributed by atoms with Gasteiger partial charge in [-0.1, -0.05) is 6.07 Å². The summed E-state index contributed by atoms with van der Waals surface area (Å²) in [5, 5.41) is 25.9. The molecule has 0 fully saturated rings. The van der Waals surface area contributed by atoms with E-state index < -0.39 is 7.12 Å². The minimum Gasteiger partial charge on any atom is -0.423 e. The summed E-state index contributed by atoms with van der Waals surface area (Å²) < 4.78 is 0. The van der Waals surface area contributed by atoms with Crippen molar-refractivity contribution in [3.8, 4) is 0 Å². The molecule has 58 valence electrons. The molecule has 0 atom stereocenters. The molecule has 11 heavy (non-hydrogen) atoms. The molecular formula is C6H8BNO3. The quantitative estimate of drug-likeness (QED) is 0.440. The molecule has 1 rings (SSSR count). The number of hydrogen-bond acceptors (Lipinski definition) is 4. The molecule has 0 aliphatic heterocycles. The number of rotatable bonds is 2. The second-order valence-electron chi connectivity index (χ2n) is 2.11. The highest BCUT2D eigenvalue weighted by Crippen LogP contribution is 1.90. The van der Waals surface area contributed by atoms with Crippen LogP contribution in [0.4, 0.5) is 0 Å². The minimum absolute atomic E-state index is 0.137. The molecule has 1 aromatic heterocycles. The molecule has 0 saturated carbocycles. The van der Waals surface area contributed by atoms with Crippen molar-refractivity contribution in [3.05, 3.63) is 24.0 Å². The number of aliphatic hydroxyl groups is 1. The number of hydrogen-bond donors (Lipinski definition) is 3. The zero-order valence-electron chi connectivity index (χ0n) is 5.81. The van der Waals surface area contributed by atoms with Crippen LogP contribution >= 0.6 is 0 Å². The lowest BCUT2D eigenvalue weighted by Gasteiger charge is -1.98. The smallest absolute Gasteiger partial charge is 0.423 e. The largest absolute Gasteiger partial charge is 0.490 e. The van der Waals surface area contributed by atoms with Gasteiger partial charge in [-0.05, 0) is 6.07 Å². The fourth-order valence-electron chi connectivity index (χ4n) is 0.682. The number of aromatic nitrogens is 1. The Morgan fingerprint density at radius 2 is 2.09 bits per heavy atom. The van der Waals surface area contributed by atoms with E-state index in [4.69, 9.17) is 15.2 Å². The van der Waals surface area contributed by atoms with E-state index in [1.165, 1.54) is 18.3 Å². The molecule has 3 N–H and O–H groups in total. The third-order valence-electron chi connectivity index (χ3n) is 1.31. The topological polar surface area (TPSA) is 73.6 Å². The molecule has 0 aromatic carbocycles. The number of pyridine rings is 1. The molecule has 0 saturated heterocycles. The molecule has 0 unspecified atom stereocenters. The fraction of sp³-hybridized carbons (Fsp3) is 0.167. The summed E-state index contributed by atoms with van der Waals surface area (Å²) >= 11 is 0. The molecule has 0 aliphatic carbocycles. The fourth-order valence-corrected chi connectivity index (χ4v) is 0.682. The first kappa shape index (κ1) is 8.19. The Morgan fingerprint density at radius 3 is 2.45 bits per heavy atom. The van der Waals surface area contributed by atoms with Gasteiger partial charge in [0.1, 0.15) is 0 Å². The maximum atomic E-state index is 8.64. The molecule has 0 spiro atoms. The summed E-state index contributed by atoms with van der Waals surface area (Å²) in [4.78, 5) is 3.75. The van der Waals surface area contributed by atoms with Gasteiger partial charge >= 0.3 is 7.12 Å². The molecule has 0 radical (unpaired) electrons. The summed E-state index contributed by atoms with van der Waals surface area (Å²) in [7, 11) is -1.49. The molecule has 1 aromatic rings. The highest BCUT2D eigenvalue weighted by molar-refractivity contribution is 6.58. The summed E-state index contributed by atoms with van der Waals surface area (Å²) in [6.07, 6.45) is 1.32. The third kappa shape index (κ3) is 2.01. The number of nitrogens with zero attached hydrogens (tertiary/aromatic N) is 1. The van der Waals surface area contributed by atoms with Crippen molar-refractivity contribution in [2.75, 3.05) is 0 Å². The average Bonchev–Trinajstić information content (AvgIpc) is 2.05. The van der Waals surface area contributed by atoms with Crippen LogP contribution in [0.1, 0.15) is 5.69 Å². The van der Waals surface area contributed by atoms with E-state index >= 15 is 0 Å². The first-order valence-corrected chi connectivity index (χ1v) is 3.16. The van der Waals surface area contributed by atoms with E-state index in [1.54, 1.807) is 0 Å². The lowest BCUT2D eigenvalue weighted by molar-refractivity contribution is 0.277. The van der Waals surface area contributed by atoms with Crippen LogP contribution in [-0.4, -0.2) is 27.3 Å². The molecule has 5 heteroatoms. The average molecular weight is 153 g/mol. The summed E-state index contributed by atoms with van der Waals surface area (Å²) in [5.74, 6) is 0. The van der Waals surface area contributed by atoms with Gasteiger partial charge in [0.05, 0.1) is 12.3 Å². The Kier molecular flexibility index (Phi) is 2.59. The molecule has 0 aliphatic rings. The minimum atomic E-state index is -1.49. The SMILES string of the molecule is OCc1ccc(B(O)O)cn1. The van der Waals surface area contributed by atoms with E-state index in [1.807, 2.05) is 0 Å². The lowest BCUT2D eigenvalue weighted by atomic mass is 9.82. The Balaban J connectivity index is 2.83. The van der Waals surface area contributed by atoms with Crippen LogP contribution < -0.4 is 5.46 Å². The van der Waals surface area contributed by atoms with E-state index in [0.29, 0.717) is 11.2 Å². The molecule has 1 heterocycles. The standard InChI is InChI=1S/C6H8BNO3/c9-4-6-2-1-5(3-8-6)7(10)11/h1-3,9-11H,4H2. The van der Waals surface area contributed by atoms with Gasteiger partial charge in [0.15, 0.2) is 0 Å². The van der Waals surface area contributed by atoms with Gasteiger partial charge in [0, 0.05) is 11.7 Å². The zero-order chi connectivity index (χ0) is 8.27. The highest BCUT2D eigenvalue weighted by atomic mass is 16.4. The van der Waals surface area contributed by atoms with Gasteiger partial charge in [-0.15, -0.1) is 0 Å². The molecular weight excluding hydrogens is 145 g/mol. The monoisotopic (exact) mass is 153 g/mol. The summed E-state index contributed by atoms with van der Waals surface area (Å²) in [6, 6.07) is 3.04. The second kappa shape index (κ2) is 3.48. The van der Waals surface area contributed by atoms with Gasteiger partial charge in [0.25, 0.3) is 0 Å². The van der Waals surface area contributed by atoms with Crippen LogP contribution in [0.3, 0.4) is 0 Å². The summed E-state index contributed by atoms with van der Waals surface area (Å²) in [5.41, 5.74) is 0.830. The van der Waals surface area contributed by atoms with Crippen LogP contribution in [0.15, 0.2) is 18.3 Å². The predicted octanol–water partition coefficient (Wildman–Crippen LogP) is -1.75. The second-order valence-corrected chi connectivity index (χ2v) is 2.11. The van der Waals surface area contributed by atoms with Gasteiger partial charge in [-0.25, -0.2) is 0 Å². The van der Waals surface area contributed by atoms with E-state index in [9.17, 15) is 0 Å². The Bertz CT molecular complexity index is 224. The van der Waals surface area contributed by atoms with Crippen LogP contribution in [-0.2, 0) is 6.61 Å². The van der Waals surface area contributed by atoms with Crippen LogP contribution in [0.25, 0.3) is 0 Å². The first-order valence-electron chi connectivity index (χ1n) is 3.16. The molecule has 0 amide bonds. The van der Waals surface area contributed by atoms with Crippen molar-refractivity contribution in [2.24, 2.45) is 0 Å². The third-order valence-corrected chi connectivity index (χ3v) is 1.31. The van der Waals surface area contributed by atoms with Gasteiger partial charge in [-0.3, -0.25) is 4.98 Å². The normalized spacial score (nSPS) is 9.73. The molecule has 4 nitrogen and oxygen atoms in total. The van der Waals surface area contributed by atoms with Crippen molar-refractivity contribution >= 4 is 12.6 Å². The maximum absolute atomic E-state index is 8.64. The zero-order valence-corrected chi connectivity index (χ0v) is 5.81. The van der Waals surface area contributed by atoms with Crippen LogP contribution in [0.5, 0.6) is 0 Å². The van der Waals surface area contributed by atoms with Crippen molar-refractivity contribution < 1.29 is 15.2 Å². The van der Waals surface area contributed by atoms with E-state index in [0.717, 1.165) is 0 Å². The van der Waals surface area contributed by atoms with E-state index in [-0.39, 0.29) is 6.61 Å². The van der Waals surface area contributed by atoms with Gasteiger partial charge in [0.2, 0.25) is 0 Å². The Morgan fingerprint density at radius 1 is 1.36 bits per heavy atom. The maximum Gasteiger partial charge on any atom is 0.490 e. The summed E-state index contributed by atoms with van der Waals surface area (Å²) in [6.45, 7) is -0.137. The lowest BCUT2D eigenvalue weighted by Crippen LogP contribution is -2.30. The predicted molar refractivity (Wildman–Crippen MR) is 40.0 cm³/mol. The van der Waals surface area contributed by atoms with Crippen molar-refractivity contribution in [1.29, 1.82) is 0 Å². The van der Waals surface area contributed by atoms with Crippen molar-refractivity contribution in [2.45, 2.75) is 6.61 Å². The van der Waals surface area contributed by atoms with Crippen LogP contribution in [0.2, 0.25) is 0 Å². The Labute approximate surface area is 64.3 Å². The molecule has 0 bridgehead atoms. The van der Waals surface area contributed by atoms with Crippen molar-refractivity contribution in [3.63, 3.8) is 0 Å². The first-order chi connectivity index (χ1) is 5.24. The van der Waals surface area contributed by atoms with Crippen molar-refractivity contribution in [1.82, 2.24) is 4.98 Å². The van der Waals surface area contributed by atoms with Gasteiger partial charge < -0.3 is 15.2 Å². The Hall–Kier alpha value is -0.905. The van der Waals surface area contributed by atoms with Crippen LogP contribution in [0, 0.1) is 0 Å². The number of aliphatic hydroxyl groups excluding tert-OH is 1. The highest BCUT2D eigenvalue weighted by Gasteiger charge is 2.09.